The number of rotatable bonds is 8. The summed E-state index contributed by atoms with van der Waals surface area (Å²) in [5.74, 6) is -0.780. The number of thioether (sulfide) groups is 1. The highest BCUT2D eigenvalue weighted by Gasteiger charge is 2.41. The van der Waals surface area contributed by atoms with Gasteiger partial charge in [-0.15, -0.1) is 0 Å². The Morgan fingerprint density at radius 3 is 2.71 bits per heavy atom. The van der Waals surface area contributed by atoms with Crippen molar-refractivity contribution in [3.8, 4) is 0 Å². The average Bonchev–Trinajstić information content (AvgIpc) is 3.28. The number of allylic oxidation sites excluding steroid dienone is 1. The molecule has 2 aliphatic heterocycles. The zero-order valence-corrected chi connectivity index (χ0v) is 19.9. The number of amidine groups is 1. The zero-order chi connectivity index (χ0) is 24.9. The van der Waals surface area contributed by atoms with Gasteiger partial charge in [0, 0.05) is 36.8 Å². The minimum atomic E-state index is -0.723. The fourth-order valence-corrected chi connectivity index (χ4v) is 4.90. The first kappa shape index (κ1) is 24.1. The molecule has 180 valence electrons. The minimum absolute atomic E-state index is 0.0401. The Labute approximate surface area is 205 Å². The molecular weight excluding hydrogens is 470 g/mol. The van der Waals surface area contributed by atoms with Crippen LogP contribution in [0.3, 0.4) is 0 Å². The highest BCUT2D eigenvalue weighted by Crippen LogP contribution is 2.45. The zero-order valence-electron chi connectivity index (χ0n) is 19.1. The van der Waals surface area contributed by atoms with Crippen molar-refractivity contribution < 1.29 is 19.2 Å². The van der Waals surface area contributed by atoms with Crippen molar-refractivity contribution in [2.45, 2.75) is 32.4 Å². The van der Waals surface area contributed by atoms with Crippen LogP contribution in [0.2, 0.25) is 0 Å². The van der Waals surface area contributed by atoms with Gasteiger partial charge in [0.2, 0.25) is 5.91 Å². The number of ether oxygens (including phenoxy) is 1. The summed E-state index contributed by atoms with van der Waals surface area (Å²) in [6, 6.07) is 9.05. The maximum Gasteiger partial charge on any atom is 0.338 e. The van der Waals surface area contributed by atoms with E-state index in [9.17, 15) is 19.7 Å². The van der Waals surface area contributed by atoms with Crippen molar-refractivity contribution in [3.63, 3.8) is 0 Å². The van der Waals surface area contributed by atoms with Gasteiger partial charge in [-0.3, -0.25) is 19.9 Å². The lowest BCUT2D eigenvalue weighted by Crippen LogP contribution is -2.38. The van der Waals surface area contributed by atoms with E-state index in [4.69, 9.17) is 4.74 Å². The number of fused-ring (bicyclic) bond motifs is 1. The molecule has 10 nitrogen and oxygen atoms in total. The van der Waals surface area contributed by atoms with E-state index < -0.39 is 16.9 Å². The first-order chi connectivity index (χ1) is 16.9. The van der Waals surface area contributed by atoms with Crippen LogP contribution in [0.1, 0.15) is 36.9 Å². The first-order valence-corrected chi connectivity index (χ1v) is 11.8. The fraction of sp³-hybridized carbons (Fsp3) is 0.250. The Morgan fingerprint density at radius 1 is 1.26 bits per heavy atom. The van der Waals surface area contributed by atoms with E-state index in [2.05, 4.69) is 15.3 Å². The Hall–Kier alpha value is -3.99. The van der Waals surface area contributed by atoms with Crippen LogP contribution in [0, 0.1) is 10.1 Å². The quantitative estimate of drug-likeness (QED) is 0.334. The summed E-state index contributed by atoms with van der Waals surface area (Å²) in [5, 5.41) is 16.8. The topological polar surface area (TPSA) is 127 Å². The third kappa shape index (κ3) is 5.09. The molecule has 0 bridgehead atoms. The van der Waals surface area contributed by atoms with Crippen molar-refractivity contribution in [1.82, 2.24) is 15.2 Å². The van der Waals surface area contributed by atoms with Crippen molar-refractivity contribution in [2.75, 3.05) is 7.11 Å². The van der Waals surface area contributed by atoms with E-state index in [1.54, 1.807) is 29.4 Å². The monoisotopic (exact) mass is 493 g/mol. The molecule has 2 aromatic rings. The number of carbonyl (C=O) groups is 2. The van der Waals surface area contributed by atoms with Crippen LogP contribution in [0.25, 0.3) is 0 Å². The lowest BCUT2D eigenvalue weighted by Gasteiger charge is -2.36. The molecule has 1 N–H and O–H groups in total. The smallest absolute Gasteiger partial charge is 0.338 e. The number of methoxy groups -OCH3 is 1. The summed E-state index contributed by atoms with van der Waals surface area (Å²) in [4.78, 5) is 47.1. The van der Waals surface area contributed by atoms with E-state index in [1.807, 2.05) is 24.5 Å². The van der Waals surface area contributed by atoms with Gasteiger partial charge in [-0.25, -0.2) is 9.79 Å². The number of pyridine rings is 1. The lowest BCUT2D eigenvalue weighted by molar-refractivity contribution is -0.384. The van der Waals surface area contributed by atoms with Crippen molar-refractivity contribution in [2.24, 2.45) is 4.99 Å². The van der Waals surface area contributed by atoms with Gasteiger partial charge in [-0.05, 0) is 35.1 Å². The number of non-ortho nitro benzene ring substituents is 1. The largest absolute Gasteiger partial charge is 0.466 e. The van der Waals surface area contributed by atoms with Crippen molar-refractivity contribution in [1.29, 1.82) is 0 Å². The second kappa shape index (κ2) is 10.5. The van der Waals surface area contributed by atoms with E-state index in [0.29, 0.717) is 40.7 Å². The molecule has 0 spiro atoms. The van der Waals surface area contributed by atoms with Crippen LogP contribution in [0.5, 0.6) is 0 Å². The molecule has 1 aromatic heterocycles. The molecule has 0 fully saturated rings. The Morgan fingerprint density at radius 2 is 2.03 bits per heavy atom. The number of aromatic nitrogens is 1. The SMILES string of the molecule is CCC1=C(C(=O)OC)C(c2cccc([N+](=O)[O-])c2)N2C(CC(=O)NCc3ccncc3)=CSC2=N1. The Bertz CT molecular complexity index is 1260. The third-order valence-corrected chi connectivity index (χ3v) is 6.50. The van der Waals surface area contributed by atoms with Crippen LogP contribution in [0.4, 0.5) is 5.69 Å². The average molecular weight is 494 g/mol. The molecule has 1 amide bonds. The van der Waals surface area contributed by atoms with E-state index in [-0.39, 0.29) is 18.0 Å². The number of hydrogen-bond acceptors (Lipinski definition) is 9. The predicted octanol–water partition coefficient (Wildman–Crippen LogP) is 3.83. The number of hydrogen-bond donors (Lipinski definition) is 1. The molecule has 0 saturated carbocycles. The number of aliphatic imine (C=N–C) groups is 1. The van der Waals surface area contributed by atoms with Gasteiger partial charge in [0.15, 0.2) is 5.17 Å². The van der Waals surface area contributed by atoms with Gasteiger partial charge in [-0.2, -0.15) is 0 Å². The Kier molecular flexibility index (Phi) is 7.25. The first-order valence-electron chi connectivity index (χ1n) is 10.9. The molecule has 1 atom stereocenters. The number of nitrogens with one attached hydrogen (secondary N) is 1. The molecule has 11 heteroatoms. The number of benzene rings is 1. The molecule has 1 aromatic carbocycles. The second-order valence-electron chi connectivity index (χ2n) is 7.76. The molecule has 1 unspecified atom stereocenters. The summed E-state index contributed by atoms with van der Waals surface area (Å²) in [5.41, 5.74) is 2.83. The number of nitro groups is 1. The van der Waals surface area contributed by atoms with Crippen LogP contribution >= 0.6 is 11.8 Å². The molecule has 0 radical (unpaired) electrons. The predicted molar refractivity (Wildman–Crippen MR) is 131 cm³/mol. The van der Waals surface area contributed by atoms with Gasteiger partial charge in [-0.1, -0.05) is 30.8 Å². The molecule has 35 heavy (non-hydrogen) atoms. The van der Waals surface area contributed by atoms with E-state index in [0.717, 1.165) is 5.56 Å². The molecule has 2 aliphatic rings. The van der Waals surface area contributed by atoms with E-state index in [1.165, 1.54) is 31.0 Å². The van der Waals surface area contributed by atoms with Crippen LogP contribution in [-0.2, 0) is 20.9 Å². The maximum absolute atomic E-state index is 12.9. The van der Waals surface area contributed by atoms with Crippen LogP contribution in [-0.4, -0.2) is 39.0 Å². The maximum atomic E-state index is 12.9. The summed E-state index contributed by atoms with van der Waals surface area (Å²) < 4.78 is 5.07. The summed E-state index contributed by atoms with van der Waals surface area (Å²) in [7, 11) is 1.29. The normalized spacial score (nSPS) is 16.9. The minimum Gasteiger partial charge on any atom is -0.466 e. The molecule has 3 heterocycles. The Balaban J connectivity index is 1.67. The van der Waals surface area contributed by atoms with E-state index >= 15 is 0 Å². The molecule has 0 aliphatic carbocycles. The summed E-state index contributed by atoms with van der Waals surface area (Å²) in [6.07, 6.45) is 3.82. The lowest BCUT2D eigenvalue weighted by atomic mass is 9.92. The summed E-state index contributed by atoms with van der Waals surface area (Å²) in [6.45, 7) is 2.23. The fourth-order valence-electron chi connectivity index (χ4n) is 3.96. The number of carbonyl (C=O) groups excluding carboxylic acids is 2. The second-order valence-corrected chi connectivity index (χ2v) is 8.60. The van der Waals surface area contributed by atoms with Gasteiger partial charge in [0.25, 0.3) is 5.69 Å². The number of amides is 1. The van der Waals surface area contributed by atoms with Gasteiger partial charge in [0.05, 0.1) is 35.8 Å². The van der Waals surface area contributed by atoms with Gasteiger partial charge >= 0.3 is 5.97 Å². The number of esters is 1. The summed E-state index contributed by atoms with van der Waals surface area (Å²) >= 11 is 1.35. The van der Waals surface area contributed by atoms with Gasteiger partial charge < -0.3 is 15.0 Å². The van der Waals surface area contributed by atoms with Crippen molar-refractivity contribution in [3.05, 3.63) is 92.4 Å². The molecule has 0 saturated heterocycles. The third-order valence-electron chi connectivity index (χ3n) is 5.61. The van der Waals surface area contributed by atoms with Gasteiger partial charge in [0.1, 0.15) is 0 Å². The standard InChI is InChI=1S/C24H23N5O5S/c1-3-19-21(23(31)34-2)22(16-5-4-6-17(11-16)29(32)33)28-18(14-35-24(28)27-19)12-20(30)26-13-15-7-9-25-10-8-15/h4-11,14,22H,3,12-13H2,1-2H3,(H,26,30). The van der Waals surface area contributed by atoms with Crippen LogP contribution < -0.4 is 5.32 Å². The number of nitro benzene ring substituents is 1. The molecule has 4 rings (SSSR count). The highest BCUT2D eigenvalue weighted by atomic mass is 32.2. The highest BCUT2D eigenvalue weighted by molar-refractivity contribution is 8.16. The van der Waals surface area contributed by atoms with Crippen LogP contribution in [0.15, 0.2) is 76.2 Å². The molecular formula is C24H23N5O5S. The van der Waals surface area contributed by atoms with Crippen molar-refractivity contribution >= 4 is 34.5 Å². The number of nitrogens with zero attached hydrogens (tertiary/aromatic N) is 4.